The number of carboxylic acids is 1. The zero-order valence-corrected chi connectivity index (χ0v) is 34.2. The molecule has 0 rings (SSSR count). The van der Waals surface area contributed by atoms with Gasteiger partial charge in [-0.3, -0.25) is 9.59 Å². The molecule has 0 spiro atoms. The standard InChI is InChI=1S/C45H75NO7/c1-6-8-10-12-14-16-18-20-21-22-24-25-27-29-31-33-35-43(47)52-40-41(39-51-38-37-42(45(49)50)46(3,4)5)53-44(48)36-34-32-30-28-26-23-19-17-15-13-11-9-7-2/h8,10,14,16,20-21,23-26,30,32,41-42H,6-7,9,11-13,15,17-19,22,27-29,31,33-40H2,1-5H3/p+1/b10-8+,16-14+,21-20+,25-24+,26-23+,32-30+. The molecule has 53 heavy (non-hydrogen) atoms. The number of ether oxygens (including phenoxy) is 3. The molecule has 0 aliphatic heterocycles. The Morgan fingerprint density at radius 2 is 1.09 bits per heavy atom. The van der Waals surface area contributed by atoms with E-state index in [4.69, 9.17) is 14.2 Å². The number of likely N-dealkylation sites (N-methyl/N-ethyl adjacent to an activating group) is 1. The largest absolute Gasteiger partial charge is 0.477 e. The first-order valence-electron chi connectivity index (χ1n) is 20.5. The van der Waals surface area contributed by atoms with Gasteiger partial charge in [0, 0.05) is 19.3 Å². The van der Waals surface area contributed by atoms with Gasteiger partial charge in [0.05, 0.1) is 34.4 Å². The topological polar surface area (TPSA) is 99.1 Å². The lowest BCUT2D eigenvalue weighted by Gasteiger charge is -2.31. The van der Waals surface area contributed by atoms with E-state index in [0.717, 1.165) is 64.2 Å². The molecular weight excluding hydrogens is 666 g/mol. The SMILES string of the molecule is CC/C=C/C/C=C/C/C=C/C/C=C/CCCCCC(=O)OCC(COCCC(C(=O)O)[N+](C)(C)C)OC(=O)CC/C=C/C/C=C/CCCCCCCC. The minimum absolute atomic E-state index is 0.0244. The summed E-state index contributed by atoms with van der Waals surface area (Å²) in [7, 11) is 5.48. The normalized spacial score (nSPS) is 13.8. The minimum atomic E-state index is -0.891. The summed E-state index contributed by atoms with van der Waals surface area (Å²) in [6.45, 7) is 4.49. The number of hydrogen-bond acceptors (Lipinski definition) is 6. The maximum atomic E-state index is 12.6. The minimum Gasteiger partial charge on any atom is -0.477 e. The van der Waals surface area contributed by atoms with Gasteiger partial charge in [-0.25, -0.2) is 4.79 Å². The zero-order valence-electron chi connectivity index (χ0n) is 34.2. The van der Waals surface area contributed by atoms with Gasteiger partial charge in [0.25, 0.3) is 0 Å². The molecule has 0 heterocycles. The van der Waals surface area contributed by atoms with E-state index in [1.807, 2.05) is 27.2 Å². The van der Waals surface area contributed by atoms with Gasteiger partial charge >= 0.3 is 17.9 Å². The third-order valence-corrected chi connectivity index (χ3v) is 8.60. The van der Waals surface area contributed by atoms with Gasteiger partial charge in [-0.1, -0.05) is 125 Å². The fraction of sp³-hybridized carbons (Fsp3) is 0.667. The average Bonchev–Trinajstić information content (AvgIpc) is 3.11. The molecule has 2 unspecified atom stereocenters. The number of carbonyl (C=O) groups excluding carboxylic acids is 2. The first-order valence-corrected chi connectivity index (χ1v) is 20.5. The van der Waals surface area contributed by atoms with Gasteiger partial charge in [0.1, 0.15) is 6.61 Å². The summed E-state index contributed by atoms with van der Waals surface area (Å²) >= 11 is 0. The lowest BCUT2D eigenvalue weighted by atomic mass is 10.1. The summed E-state index contributed by atoms with van der Waals surface area (Å²) in [6, 6.07) is -0.631. The second-order valence-corrected chi connectivity index (χ2v) is 14.5. The summed E-state index contributed by atoms with van der Waals surface area (Å²) < 4.78 is 17.1. The molecule has 302 valence electrons. The van der Waals surface area contributed by atoms with E-state index >= 15 is 0 Å². The molecule has 0 bridgehead atoms. The van der Waals surface area contributed by atoms with Crippen LogP contribution < -0.4 is 0 Å². The van der Waals surface area contributed by atoms with Crippen LogP contribution in [-0.4, -0.2) is 80.6 Å². The maximum absolute atomic E-state index is 12.6. The van der Waals surface area contributed by atoms with E-state index in [0.29, 0.717) is 19.3 Å². The van der Waals surface area contributed by atoms with Crippen LogP contribution in [0.15, 0.2) is 72.9 Å². The molecule has 2 atom stereocenters. The number of hydrogen-bond donors (Lipinski definition) is 1. The number of rotatable bonds is 35. The van der Waals surface area contributed by atoms with Crippen molar-refractivity contribution in [3.63, 3.8) is 0 Å². The molecule has 0 aliphatic carbocycles. The van der Waals surface area contributed by atoms with Crippen molar-refractivity contribution in [3.8, 4) is 0 Å². The van der Waals surface area contributed by atoms with Gasteiger partial charge < -0.3 is 23.8 Å². The number of allylic oxidation sites excluding steroid dienone is 12. The zero-order chi connectivity index (χ0) is 39.3. The molecule has 0 radical (unpaired) electrons. The first-order chi connectivity index (χ1) is 25.6. The molecule has 0 fully saturated rings. The van der Waals surface area contributed by atoms with Crippen LogP contribution in [0.3, 0.4) is 0 Å². The third-order valence-electron chi connectivity index (χ3n) is 8.60. The van der Waals surface area contributed by atoms with Crippen molar-refractivity contribution >= 4 is 17.9 Å². The van der Waals surface area contributed by atoms with Crippen molar-refractivity contribution in [1.82, 2.24) is 0 Å². The first kappa shape index (κ1) is 49.8. The molecular formula is C45H76NO7+. The Morgan fingerprint density at radius 1 is 0.585 bits per heavy atom. The maximum Gasteiger partial charge on any atom is 0.362 e. The highest BCUT2D eigenvalue weighted by Crippen LogP contribution is 2.11. The number of aliphatic carboxylic acids is 1. The molecule has 0 amide bonds. The summed E-state index contributed by atoms with van der Waals surface area (Å²) in [6.07, 6.45) is 43.9. The number of nitrogens with zero attached hydrogens (tertiary/aromatic N) is 1. The lowest BCUT2D eigenvalue weighted by Crippen LogP contribution is -2.50. The van der Waals surface area contributed by atoms with Crippen LogP contribution in [0.5, 0.6) is 0 Å². The number of carbonyl (C=O) groups is 3. The van der Waals surface area contributed by atoms with E-state index in [9.17, 15) is 19.5 Å². The smallest absolute Gasteiger partial charge is 0.362 e. The molecule has 8 nitrogen and oxygen atoms in total. The fourth-order valence-corrected chi connectivity index (χ4v) is 5.43. The molecule has 1 N–H and O–H groups in total. The van der Waals surface area contributed by atoms with Crippen molar-refractivity contribution in [2.75, 3.05) is 41.0 Å². The summed E-state index contributed by atoms with van der Waals surface area (Å²) in [4.78, 5) is 36.8. The van der Waals surface area contributed by atoms with Crippen molar-refractivity contribution < 1.29 is 38.2 Å². The molecule has 0 aromatic rings. The second-order valence-electron chi connectivity index (χ2n) is 14.5. The predicted molar refractivity (Wildman–Crippen MR) is 220 cm³/mol. The molecule has 0 saturated carbocycles. The number of esters is 2. The second kappa shape index (κ2) is 35.8. The summed E-state index contributed by atoms with van der Waals surface area (Å²) in [5, 5.41) is 9.59. The van der Waals surface area contributed by atoms with Crippen molar-refractivity contribution in [2.24, 2.45) is 0 Å². The molecule has 0 saturated heterocycles. The van der Waals surface area contributed by atoms with Crippen LogP contribution in [0.2, 0.25) is 0 Å². The number of carboxylic acid groups (broad SMARTS) is 1. The van der Waals surface area contributed by atoms with Gasteiger partial charge in [-0.05, 0) is 70.6 Å². The molecule has 0 aliphatic rings. The summed E-state index contributed by atoms with van der Waals surface area (Å²) in [5.74, 6) is -1.60. The Morgan fingerprint density at radius 3 is 1.64 bits per heavy atom. The van der Waals surface area contributed by atoms with Crippen LogP contribution >= 0.6 is 0 Å². The van der Waals surface area contributed by atoms with Gasteiger partial charge in [0.15, 0.2) is 12.1 Å². The third kappa shape index (κ3) is 34.3. The van der Waals surface area contributed by atoms with Gasteiger partial charge in [-0.2, -0.15) is 0 Å². The molecule has 0 aromatic carbocycles. The Bertz CT molecular complexity index is 1100. The van der Waals surface area contributed by atoms with Gasteiger partial charge in [-0.15, -0.1) is 0 Å². The van der Waals surface area contributed by atoms with E-state index in [-0.39, 0.29) is 42.7 Å². The van der Waals surface area contributed by atoms with Crippen LogP contribution in [0.25, 0.3) is 0 Å². The van der Waals surface area contributed by atoms with E-state index < -0.39 is 18.1 Å². The van der Waals surface area contributed by atoms with Crippen LogP contribution in [0, 0.1) is 0 Å². The number of quaternary nitrogens is 1. The monoisotopic (exact) mass is 743 g/mol. The molecule has 8 heteroatoms. The molecule has 0 aromatic heterocycles. The summed E-state index contributed by atoms with van der Waals surface area (Å²) in [5.41, 5.74) is 0. The lowest BCUT2D eigenvalue weighted by molar-refractivity contribution is -0.887. The Hall–Kier alpha value is -3.23. The van der Waals surface area contributed by atoms with Crippen molar-refractivity contribution in [3.05, 3.63) is 72.9 Å². The van der Waals surface area contributed by atoms with E-state index in [1.54, 1.807) is 0 Å². The highest BCUT2D eigenvalue weighted by atomic mass is 16.6. The highest BCUT2D eigenvalue weighted by Gasteiger charge is 2.31. The Balaban J connectivity index is 4.53. The predicted octanol–water partition coefficient (Wildman–Crippen LogP) is 10.8. The quantitative estimate of drug-likeness (QED) is 0.0299. The number of unbranched alkanes of at least 4 members (excludes halogenated alkanes) is 9. The highest BCUT2D eigenvalue weighted by molar-refractivity contribution is 5.72. The van der Waals surface area contributed by atoms with Gasteiger partial charge in [0.2, 0.25) is 0 Å². The average molecular weight is 743 g/mol. The van der Waals surface area contributed by atoms with Crippen LogP contribution in [-0.2, 0) is 28.6 Å². The van der Waals surface area contributed by atoms with Crippen molar-refractivity contribution in [1.29, 1.82) is 0 Å². The van der Waals surface area contributed by atoms with Crippen molar-refractivity contribution in [2.45, 2.75) is 154 Å². The Labute approximate surface area is 323 Å². The van der Waals surface area contributed by atoms with E-state index in [2.05, 4.69) is 80.7 Å². The van der Waals surface area contributed by atoms with E-state index in [1.165, 1.54) is 38.5 Å². The Kier molecular flexibility index (Phi) is 33.6. The van der Waals surface area contributed by atoms with Crippen LogP contribution in [0.1, 0.15) is 142 Å². The van der Waals surface area contributed by atoms with Crippen LogP contribution in [0.4, 0.5) is 0 Å². The fourth-order valence-electron chi connectivity index (χ4n) is 5.43.